The summed E-state index contributed by atoms with van der Waals surface area (Å²) in [5, 5.41) is 0.842. The molecule has 0 unspecified atom stereocenters. The molecule has 0 amide bonds. The Bertz CT molecular complexity index is 1050. The Labute approximate surface area is 163 Å². The Morgan fingerprint density at radius 3 is 2.64 bits per heavy atom. The first kappa shape index (κ1) is 17.9. The molecule has 1 aliphatic rings. The van der Waals surface area contributed by atoms with Crippen LogP contribution < -0.4 is 19.9 Å². The quantitative estimate of drug-likeness (QED) is 0.708. The van der Waals surface area contributed by atoms with Crippen LogP contribution in [-0.4, -0.2) is 24.5 Å². The summed E-state index contributed by atoms with van der Waals surface area (Å²) < 4.78 is 17.6. The highest BCUT2D eigenvalue weighted by molar-refractivity contribution is 5.88. The van der Waals surface area contributed by atoms with Gasteiger partial charge in [0.25, 0.3) is 0 Å². The van der Waals surface area contributed by atoms with Gasteiger partial charge in [-0.15, -0.1) is 0 Å². The summed E-state index contributed by atoms with van der Waals surface area (Å²) in [5.41, 5.74) is 7.56. The van der Waals surface area contributed by atoms with E-state index in [9.17, 15) is 0 Å². The number of aliphatic imine (C=N–C) groups is 1. The number of amidine groups is 1. The van der Waals surface area contributed by atoms with Gasteiger partial charge in [0.15, 0.2) is 11.5 Å². The average molecular weight is 375 g/mol. The van der Waals surface area contributed by atoms with Crippen molar-refractivity contribution in [2.24, 2.45) is 10.7 Å². The molecule has 0 spiro atoms. The molecule has 0 saturated carbocycles. The third-order valence-electron chi connectivity index (χ3n) is 4.44. The molecular formula is C22H21N3O3. The van der Waals surface area contributed by atoms with E-state index < -0.39 is 0 Å². The molecule has 4 rings (SSSR count). The molecule has 0 aliphatic carbocycles. The monoisotopic (exact) mass is 375 g/mol. The third kappa shape index (κ3) is 3.91. The van der Waals surface area contributed by atoms with Crippen molar-refractivity contribution in [1.82, 2.24) is 4.98 Å². The lowest BCUT2D eigenvalue weighted by Crippen LogP contribution is -2.17. The zero-order valence-corrected chi connectivity index (χ0v) is 15.6. The zero-order chi connectivity index (χ0) is 19.3. The van der Waals surface area contributed by atoms with Crippen LogP contribution in [0.4, 0.5) is 0 Å². The van der Waals surface area contributed by atoms with Crippen molar-refractivity contribution < 1.29 is 14.2 Å². The molecule has 0 atom stereocenters. The van der Waals surface area contributed by atoms with E-state index >= 15 is 0 Å². The summed E-state index contributed by atoms with van der Waals surface area (Å²) in [6.45, 7) is 0.885. The maximum absolute atomic E-state index is 6.05. The molecule has 6 nitrogen and oxygen atoms in total. The lowest BCUT2D eigenvalue weighted by molar-refractivity contribution is 0.285. The number of pyridine rings is 1. The first-order valence-electron chi connectivity index (χ1n) is 9.02. The van der Waals surface area contributed by atoms with E-state index in [0.717, 1.165) is 22.2 Å². The number of ether oxygens (including phenoxy) is 3. The molecule has 3 aromatic rings. The minimum atomic E-state index is 0.436. The molecule has 28 heavy (non-hydrogen) atoms. The number of dihydropyridines is 1. The highest BCUT2D eigenvalue weighted by atomic mass is 16.5. The Hall–Kier alpha value is -3.54. The topological polar surface area (TPSA) is 79.0 Å². The lowest BCUT2D eigenvalue weighted by Gasteiger charge is -2.16. The standard InChI is InChI=1S/C22H21N3O3/c1-26-20-11-17-18(12-21(20)27-14-15-5-3-2-4-6-15)24-10-9-19(17)28-16-7-8-22(23)25-13-16/h2-7,9-12H,8,13-14H2,1H3,(H2,23,25). The number of hydrogen-bond donors (Lipinski definition) is 1. The van der Waals surface area contributed by atoms with Gasteiger partial charge in [-0.1, -0.05) is 30.3 Å². The lowest BCUT2D eigenvalue weighted by atomic mass is 10.1. The van der Waals surface area contributed by atoms with Crippen LogP contribution in [-0.2, 0) is 6.61 Å². The molecular weight excluding hydrogens is 354 g/mol. The fourth-order valence-corrected chi connectivity index (χ4v) is 2.97. The summed E-state index contributed by atoms with van der Waals surface area (Å²) in [6, 6.07) is 15.6. The second-order valence-corrected chi connectivity index (χ2v) is 6.39. The molecule has 0 saturated heterocycles. The highest BCUT2D eigenvalue weighted by Gasteiger charge is 2.14. The van der Waals surface area contributed by atoms with Gasteiger partial charge in [-0.25, -0.2) is 0 Å². The smallest absolute Gasteiger partial charge is 0.163 e. The Balaban J connectivity index is 1.61. The summed E-state index contributed by atoms with van der Waals surface area (Å²) >= 11 is 0. The number of hydrogen-bond acceptors (Lipinski definition) is 6. The molecule has 142 valence electrons. The molecule has 0 radical (unpaired) electrons. The van der Waals surface area contributed by atoms with Gasteiger partial charge in [0.1, 0.15) is 18.1 Å². The van der Waals surface area contributed by atoms with Crippen molar-refractivity contribution in [2.75, 3.05) is 13.7 Å². The first-order chi connectivity index (χ1) is 13.7. The van der Waals surface area contributed by atoms with E-state index in [1.807, 2.05) is 54.6 Å². The highest BCUT2D eigenvalue weighted by Crippen LogP contribution is 2.36. The van der Waals surface area contributed by atoms with Gasteiger partial charge in [-0.2, -0.15) is 0 Å². The van der Waals surface area contributed by atoms with Gasteiger partial charge < -0.3 is 19.9 Å². The van der Waals surface area contributed by atoms with Crippen LogP contribution in [0.5, 0.6) is 17.2 Å². The Kier molecular flexibility index (Phi) is 5.10. The summed E-state index contributed by atoms with van der Waals surface area (Å²) in [7, 11) is 1.62. The van der Waals surface area contributed by atoms with Crippen LogP contribution in [0.2, 0.25) is 0 Å². The number of nitrogens with two attached hydrogens (primary N) is 1. The normalized spacial score (nSPS) is 13.6. The van der Waals surface area contributed by atoms with E-state index in [-0.39, 0.29) is 0 Å². The van der Waals surface area contributed by atoms with Crippen LogP contribution in [0, 0.1) is 0 Å². The summed E-state index contributed by atoms with van der Waals surface area (Å²) in [5.74, 6) is 3.35. The van der Waals surface area contributed by atoms with Crippen molar-refractivity contribution in [3.63, 3.8) is 0 Å². The van der Waals surface area contributed by atoms with Gasteiger partial charge >= 0.3 is 0 Å². The van der Waals surface area contributed by atoms with Crippen LogP contribution in [0.15, 0.2) is 71.6 Å². The second-order valence-electron chi connectivity index (χ2n) is 6.39. The number of rotatable bonds is 6. The van der Waals surface area contributed by atoms with Crippen molar-refractivity contribution in [1.29, 1.82) is 0 Å². The number of aromatic nitrogens is 1. The maximum atomic E-state index is 6.05. The average Bonchev–Trinajstić information content (AvgIpc) is 2.74. The largest absolute Gasteiger partial charge is 0.493 e. The zero-order valence-electron chi connectivity index (χ0n) is 15.6. The minimum Gasteiger partial charge on any atom is -0.493 e. The second kappa shape index (κ2) is 8.00. The molecule has 2 N–H and O–H groups in total. The summed E-state index contributed by atoms with van der Waals surface area (Å²) in [4.78, 5) is 8.68. The SMILES string of the molecule is COc1cc2c(OC3=CCC(N)=NC3)ccnc2cc1OCc1ccccc1. The van der Waals surface area contributed by atoms with E-state index in [0.29, 0.717) is 42.7 Å². The van der Waals surface area contributed by atoms with Gasteiger partial charge in [0, 0.05) is 24.1 Å². The number of methoxy groups -OCH3 is 1. The fourth-order valence-electron chi connectivity index (χ4n) is 2.97. The van der Waals surface area contributed by atoms with Gasteiger partial charge in [-0.05, 0) is 23.8 Å². The predicted octanol–water partition coefficient (Wildman–Crippen LogP) is 3.85. The van der Waals surface area contributed by atoms with Crippen molar-refractivity contribution in [3.8, 4) is 17.2 Å². The molecule has 1 aromatic heterocycles. The number of fused-ring (bicyclic) bond motifs is 1. The molecule has 6 heteroatoms. The molecule has 0 fully saturated rings. The van der Waals surface area contributed by atoms with E-state index in [1.54, 1.807) is 13.3 Å². The van der Waals surface area contributed by atoms with Crippen LogP contribution in [0.1, 0.15) is 12.0 Å². The molecule has 2 aromatic carbocycles. The predicted molar refractivity (Wildman–Crippen MR) is 109 cm³/mol. The van der Waals surface area contributed by atoms with E-state index in [4.69, 9.17) is 19.9 Å². The van der Waals surface area contributed by atoms with E-state index in [2.05, 4.69) is 9.98 Å². The van der Waals surface area contributed by atoms with Crippen LogP contribution in [0.25, 0.3) is 10.9 Å². The Morgan fingerprint density at radius 2 is 1.89 bits per heavy atom. The molecule has 0 bridgehead atoms. The van der Waals surface area contributed by atoms with Gasteiger partial charge in [-0.3, -0.25) is 9.98 Å². The minimum absolute atomic E-state index is 0.436. The maximum Gasteiger partial charge on any atom is 0.163 e. The first-order valence-corrected chi connectivity index (χ1v) is 9.02. The third-order valence-corrected chi connectivity index (χ3v) is 4.44. The summed E-state index contributed by atoms with van der Waals surface area (Å²) in [6.07, 6.45) is 4.26. The number of nitrogens with zero attached hydrogens (tertiary/aromatic N) is 2. The molecule has 1 aliphatic heterocycles. The van der Waals surface area contributed by atoms with Crippen molar-refractivity contribution >= 4 is 16.7 Å². The Morgan fingerprint density at radius 1 is 1.04 bits per heavy atom. The van der Waals surface area contributed by atoms with E-state index in [1.165, 1.54) is 0 Å². The van der Waals surface area contributed by atoms with Crippen molar-refractivity contribution in [2.45, 2.75) is 13.0 Å². The number of benzene rings is 2. The van der Waals surface area contributed by atoms with Gasteiger partial charge in [0.05, 0.1) is 25.0 Å². The van der Waals surface area contributed by atoms with Crippen LogP contribution >= 0.6 is 0 Å². The van der Waals surface area contributed by atoms with Crippen molar-refractivity contribution in [3.05, 3.63) is 72.1 Å². The molecule has 2 heterocycles. The van der Waals surface area contributed by atoms with Gasteiger partial charge in [0.2, 0.25) is 0 Å². The fraction of sp³-hybridized carbons (Fsp3) is 0.182. The van der Waals surface area contributed by atoms with Crippen LogP contribution in [0.3, 0.4) is 0 Å².